The van der Waals surface area contributed by atoms with E-state index in [0.717, 1.165) is 24.3 Å². The summed E-state index contributed by atoms with van der Waals surface area (Å²) >= 11 is 0. The second kappa shape index (κ2) is 8.23. The van der Waals surface area contributed by atoms with Crippen LogP contribution in [0.25, 0.3) is 0 Å². The number of imide groups is 2. The molecule has 0 aliphatic carbocycles. The molecule has 5 amide bonds. The molecule has 30 heavy (non-hydrogen) atoms. The molecule has 158 valence electrons. The van der Waals surface area contributed by atoms with Gasteiger partial charge in [0.15, 0.2) is 6.61 Å². The third kappa shape index (κ3) is 3.78. The molecule has 0 spiro atoms. The number of nitrogens with zero attached hydrogens (tertiary/aromatic N) is 1. The zero-order valence-electron chi connectivity index (χ0n) is 16.2. The highest BCUT2D eigenvalue weighted by molar-refractivity contribution is 6.24. The Kier molecular flexibility index (Phi) is 5.49. The summed E-state index contributed by atoms with van der Waals surface area (Å²) in [5.41, 5.74) is 0.134. The van der Waals surface area contributed by atoms with Crippen LogP contribution in [-0.2, 0) is 14.4 Å². The van der Waals surface area contributed by atoms with Crippen molar-refractivity contribution in [2.24, 2.45) is 0 Å². The number of hydrogen-bond donors (Lipinski definition) is 3. The summed E-state index contributed by atoms with van der Waals surface area (Å²) in [5, 5.41) is 8.21. The highest BCUT2D eigenvalue weighted by Crippen LogP contribution is 2.33. The van der Waals surface area contributed by atoms with Crippen LogP contribution in [0.4, 0.5) is 0 Å². The first-order chi connectivity index (χ1) is 14.5. The lowest BCUT2D eigenvalue weighted by Crippen LogP contribution is -2.54. The van der Waals surface area contributed by atoms with Crippen LogP contribution in [0.3, 0.4) is 0 Å². The van der Waals surface area contributed by atoms with Crippen LogP contribution in [0.5, 0.6) is 5.75 Å². The minimum absolute atomic E-state index is 0.0254. The molecule has 4 rings (SSSR count). The molecule has 2 saturated heterocycles. The van der Waals surface area contributed by atoms with E-state index in [-0.39, 0.29) is 48.3 Å². The van der Waals surface area contributed by atoms with Gasteiger partial charge in [-0.2, -0.15) is 0 Å². The van der Waals surface area contributed by atoms with Gasteiger partial charge in [-0.15, -0.1) is 0 Å². The van der Waals surface area contributed by atoms with E-state index in [0.29, 0.717) is 6.54 Å². The Morgan fingerprint density at radius 2 is 2.00 bits per heavy atom. The maximum Gasteiger partial charge on any atom is 0.266 e. The van der Waals surface area contributed by atoms with Crippen molar-refractivity contribution in [3.05, 3.63) is 29.3 Å². The number of carbonyl (C=O) groups is 5. The molecule has 0 saturated carbocycles. The molecule has 1 unspecified atom stereocenters. The van der Waals surface area contributed by atoms with E-state index in [1.165, 1.54) is 12.1 Å². The average Bonchev–Trinajstić information content (AvgIpc) is 3.33. The van der Waals surface area contributed by atoms with Crippen molar-refractivity contribution in [3.63, 3.8) is 0 Å². The third-order valence-corrected chi connectivity index (χ3v) is 5.50. The lowest BCUT2D eigenvalue weighted by atomic mass is 10.0. The van der Waals surface area contributed by atoms with Crippen LogP contribution in [0, 0.1) is 0 Å². The van der Waals surface area contributed by atoms with Gasteiger partial charge in [0.2, 0.25) is 11.8 Å². The number of hydrogen-bond acceptors (Lipinski definition) is 7. The van der Waals surface area contributed by atoms with Gasteiger partial charge in [0, 0.05) is 19.0 Å². The van der Waals surface area contributed by atoms with E-state index in [2.05, 4.69) is 16.0 Å². The van der Waals surface area contributed by atoms with Crippen molar-refractivity contribution in [1.29, 1.82) is 0 Å². The molecule has 0 bridgehead atoms. The van der Waals surface area contributed by atoms with Crippen LogP contribution in [0.15, 0.2) is 18.2 Å². The van der Waals surface area contributed by atoms with Crippen LogP contribution in [-0.4, -0.2) is 66.2 Å². The molecule has 3 aliphatic heterocycles. The predicted octanol–water partition coefficient (Wildman–Crippen LogP) is -0.665. The fourth-order valence-corrected chi connectivity index (χ4v) is 3.97. The Hall–Kier alpha value is -3.27. The van der Waals surface area contributed by atoms with E-state index in [1.807, 2.05) is 0 Å². The Bertz CT molecular complexity index is 924. The predicted molar refractivity (Wildman–Crippen MR) is 103 cm³/mol. The first-order valence-corrected chi connectivity index (χ1v) is 9.93. The van der Waals surface area contributed by atoms with Crippen LogP contribution in [0.2, 0.25) is 0 Å². The highest BCUT2D eigenvalue weighted by Gasteiger charge is 2.46. The van der Waals surface area contributed by atoms with Gasteiger partial charge in [0.1, 0.15) is 11.8 Å². The SMILES string of the molecule is O=C(COc1cccc2c1C(=O)N(C1CCC(=O)NC1=O)C2=O)NC[C@@H]1CCCN1. The largest absolute Gasteiger partial charge is 0.483 e. The van der Waals surface area contributed by atoms with Gasteiger partial charge in [-0.05, 0) is 37.9 Å². The van der Waals surface area contributed by atoms with Crippen molar-refractivity contribution < 1.29 is 28.7 Å². The number of rotatable bonds is 6. The number of piperidine rings is 1. The Balaban J connectivity index is 1.44. The van der Waals surface area contributed by atoms with E-state index >= 15 is 0 Å². The lowest BCUT2D eigenvalue weighted by Gasteiger charge is -2.27. The zero-order chi connectivity index (χ0) is 21.3. The normalized spacial score (nSPS) is 23.4. The van der Waals surface area contributed by atoms with E-state index in [4.69, 9.17) is 4.74 Å². The van der Waals surface area contributed by atoms with Gasteiger partial charge in [-0.1, -0.05) is 6.07 Å². The molecular formula is C20H22N4O6. The molecule has 1 aromatic rings. The maximum absolute atomic E-state index is 13.0. The van der Waals surface area contributed by atoms with Crippen molar-refractivity contribution in [3.8, 4) is 5.75 Å². The fourth-order valence-electron chi connectivity index (χ4n) is 3.97. The van der Waals surface area contributed by atoms with Crippen LogP contribution in [0.1, 0.15) is 46.4 Å². The molecule has 0 radical (unpaired) electrons. The third-order valence-electron chi connectivity index (χ3n) is 5.50. The first kappa shape index (κ1) is 20.0. The number of fused-ring (bicyclic) bond motifs is 1. The smallest absolute Gasteiger partial charge is 0.266 e. The number of benzene rings is 1. The summed E-state index contributed by atoms with van der Waals surface area (Å²) in [6.45, 7) is 1.13. The maximum atomic E-state index is 13.0. The van der Waals surface area contributed by atoms with E-state index < -0.39 is 29.7 Å². The minimum Gasteiger partial charge on any atom is -0.483 e. The number of nitrogens with one attached hydrogen (secondary N) is 3. The van der Waals surface area contributed by atoms with Gasteiger partial charge in [0.25, 0.3) is 17.7 Å². The molecule has 3 heterocycles. The van der Waals surface area contributed by atoms with Gasteiger partial charge in [-0.25, -0.2) is 0 Å². The zero-order valence-corrected chi connectivity index (χ0v) is 16.2. The van der Waals surface area contributed by atoms with Gasteiger partial charge in [-0.3, -0.25) is 34.2 Å². The number of ether oxygens (including phenoxy) is 1. The Labute approximate surface area is 172 Å². The second-order valence-electron chi connectivity index (χ2n) is 7.51. The monoisotopic (exact) mass is 414 g/mol. The van der Waals surface area contributed by atoms with E-state index in [9.17, 15) is 24.0 Å². The summed E-state index contributed by atoms with van der Waals surface area (Å²) in [4.78, 5) is 62.2. The topological polar surface area (TPSA) is 134 Å². The molecule has 3 aliphatic rings. The van der Waals surface area contributed by atoms with Crippen molar-refractivity contribution in [1.82, 2.24) is 20.9 Å². The first-order valence-electron chi connectivity index (χ1n) is 9.93. The molecule has 3 N–H and O–H groups in total. The molecule has 2 fully saturated rings. The lowest BCUT2D eigenvalue weighted by molar-refractivity contribution is -0.136. The summed E-state index contributed by atoms with van der Waals surface area (Å²) in [6, 6.07) is 3.72. The second-order valence-corrected chi connectivity index (χ2v) is 7.51. The average molecular weight is 414 g/mol. The Morgan fingerprint density at radius 3 is 2.73 bits per heavy atom. The van der Waals surface area contributed by atoms with Crippen LogP contribution >= 0.6 is 0 Å². The van der Waals surface area contributed by atoms with Gasteiger partial charge < -0.3 is 15.4 Å². The molecule has 1 aromatic carbocycles. The van der Waals surface area contributed by atoms with Gasteiger partial charge in [0.05, 0.1) is 11.1 Å². The van der Waals surface area contributed by atoms with E-state index in [1.54, 1.807) is 6.07 Å². The number of amides is 5. The summed E-state index contributed by atoms with van der Waals surface area (Å²) in [7, 11) is 0. The summed E-state index contributed by atoms with van der Waals surface area (Å²) < 4.78 is 5.54. The Morgan fingerprint density at radius 1 is 1.17 bits per heavy atom. The fraction of sp³-hybridized carbons (Fsp3) is 0.450. The number of carbonyl (C=O) groups excluding carboxylic acids is 5. The van der Waals surface area contributed by atoms with Crippen molar-refractivity contribution in [2.75, 3.05) is 19.7 Å². The molecule has 2 atom stereocenters. The van der Waals surface area contributed by atoms with Gasteiger partial charge >= 0.3 is 0 Å². The molecule has 10 heteroatoms. The molecule has 0 aromatic heterocycles. The standard InChI is InChI=1S/C20H22N4O6/c25-15-7-6-13(18(27)23-15)24-19(28)12-4-1-5-14(17(12)20(24)29)30-10-16(26)22-9-11-3-2-8-21-11/h1,4-5,11,13,21H,2-3,6-10H2,(H,22,26)(H,23,25,27)/t11-,13?/m0/s1. The summed E-state index contributed by atoms with van der Waals surface area (Å²) in [5.74, 6) is -2.63. The molecular weight excluding hydrogens is 392 g/mol. The van der Waals surface area contributed by atoms with Crippen molar-refractivity contribution in [2.45, 2.75) is 37.8 Å². The minimum atomic E-state index is -1.05. The van der Waals surface area contributed by atoms with Crippen molar-refractivity contribution >= 4 is 29.5 Å². The highest BCUT2D eigenvalue weighted by atomic mass is 16.5. The van der Waals surface area contributed by atoms with Crippen LogP contribution < -0.4 is 20.7 Å². The quantitative estimate of drug-likeness (QED) is 0.526. The summed E-state index contributed by atoms with van der Waals surface area (Å²) in [6.07, 6.45) is 2.19. The molecule has 10 nitrogen and oxygen atoms in total.